The molecule has 0 saturated heterocycles. The minimum atomic E-state index is -2.46. The molecule has 0 aliphatic rings. The first-order valence-electron chi connectivity index (χ1n) is 28.9. The second-order valence-electron chi connectivity index (χ2n) is 15.3. The van der Waals surface area contributed by atoms with Crippen LogP contribution in [0.1, 0.15) is 145 Å². The van der Waals surface area contributed by atoms with Crippen molar-refractivity contribution in [3.8, 4) is 33.8 Å². The zero-order valence-corrected chi connectivity index (χ0v) is 35.8. The molecule has 6 rings (SSSR count). The Morgan fingerprint density at radius 2 is 0.825 bits per heavy atom. The Morgan fingerprint density at radius 3 is 1.26 bits per heavy atom. The van der Waals surface area contributed by atoms with E-state index < -0.39 is 52.9 Å². The molecule has 0 bridgehead atoms. The summed E-state index contributed by atoms with van der Waals surface area (Å²) in [5.74, 6) is -3.44. The highest BCUT2D eigenvalue weighted by atomic mass is 14.9. The maximum Gasteiger partial charge on any atom is 0.212 e. The van der Waals surface area contributed by atoms with Crippen LogP contribution in [0.15, 0.2) is 79.3 Å². The monoisotopic (exact) mass is 783 g/mol. The molecular formula is C54H72N3+3. The zero-order chi connectivity index (χ0) is 59.5. The van der Waals surface area contributed by atoms with Crippen molar-refractivity contribution in [3.63, 3.8) is 0 Å². The summed E-state index contributed by atoms with van der Waals surface area (Å²) < 4.78 is 160. The van der Waals surface area contributed by atoms with Crippen molar-refractivity contribution in [1.29, 1.82) is 0 Å². The van der Waals surface area contributed by atoms with E-state index in [1.807, 2.05) is 62.7 Å². The number of aryl methyl sites for hydroxylation is 15. The molecule has 0 fully saturated rings. The third kappa shape index (κ3) is 10.5. The average molecular weight is 783 g/mol. The SMILES string of the molecule is [2H]C([2H])([2H])c1c[n+](C)c(-c2cc(C)c(C([2H])(C)C([2H])([2H])[2H])cc2C)cc1C.[2H]C([2H])([2H])c1cc(C)c(-c2cc(C([2H])(C)C([2H])([2H])[2H])cc[n+]2C)cc1C.[2H]C([2H])([2H])c1cc(C)c(-c2cc(C)c(C([2H])([2H])[2H])c[n+]2C)cc1C. The van der Waals surface area contributed by atoms with Crippen molar-refractivity contribution in [3.05, 3.63) is 157 Å². The molecule has 0 aliphatic carbocycles. The van der Waals surface area contributed by atoms with Gasteiger partial charge in [-0.05, 0) is 180 Å². The molecule has 0 saturated carbocycles. The molecule has 2 unspecified atom stereocenters. The van der Waals surface area contributed by atoms with Crippen LogP contribution in [-0.4, -0.2) is 0 Å². The third-order valence-corrected chi connectivity index (χ3v) is 10.5. The first-order valence-corrected chi connectivity index (χ1v) is 18.9. The van der Waals surface area contributed by atoms with Crippen molar-refractivity contribution >= 4 is 0 Å². The van der Waals surface area contributed by atoms with Crippen LogP contribution in [0.3, 0.4) is 0 Å². The number of pyridine rings is 3. The fourth-order valence-corrected chi connectivity index (χ4v) is 6.79. The molecule has 2 atom stereocenters. The summed E-state index contributed by atoms with van der Waals surface area (Å²) in [7, 11) is 5.43. The van der Waals surface area contributed by atoms with E-state index in [1.54, 1.807) is 107 Å². The van der Waals surface area contributed by atoms with E-state index in [0.717, 1.165) is 56.0 Å². The van der Waals surface area contributed by atoms with Gasteiger partial charge in [0.25, 0.3) is 0 Å². The van der Waals surface area contributed by atoms with Crippen LogP contribution in [0.2, 0.25) is 0 Å². The molecule has 0 amide bonds. The molecule has 3 aromatic heterocycles. The largest absolute Gasteiger partial charge is 0.212 e. The van der Waals surface area contributed by atoms with E-state index in [1.165, 1.54) is 13.8 Å². The van der Waals surface area contributed by atoms with Crippen LogP contribution in [-0.2, 0) is 21.1 Å². The molecule has 3 aromatic carbocycles. The first kappa shape index (κ1) is 24.1. The van der Waals surface area contributed by atoms with Gasteiger partial charge in [0, 0.05) is 79.5 Å². The van der Waals surface area contributed by atoms with Gasteiger partial charge in [-0.3, -0.25) is 0 Å². The highest BCUT2D eigenvalue weighted by Gasteiger charge is 2.18. The molecule has 0 N–H and O–H groups in total. The van der Waals surface area contributed by atoms with Crippen LogP contribution >= 0.6 is 0 Å². The Morgan fingerprint density at radius 1 is 0.421 bits per heavy atom. The van der Waals surface area contributed by atoms with Gasteiger partial charge >= 0.3 is 0 Å². The normalized spacial score (nSPS) is 19.6. The third-order valence-electron chi connectivity index (χ3n) is 10.5. The Balaban J connectivity index is 0.000000250. The smallest absolute Gasteiger partial charge is 0.201 e. The lowest BCUT2D eigenvalue weighted by atomic mass is 9.91. The molecule has 0 radical (unpaired) electrons. The predicted octanol–water partition coefficient (Wildman–Crippen LogP) is 12.5. The van der Waals surface area contributed by atoms with Crippen LogP contribution in [0.25, 0.3) is 33.8 Å². The van der Waals surface area contributed by atoms with Crippen molar-refractivity contribution in [2.24, 2.45) is 21.1 Å². The highest BCUT2D eigenvalue weighted by molar-refractivity contribution is 5.66. The molecule has 3 nitrogen and oxygen atoms in total. The summed E-state index contributed by atoms with van der Waals surface area (Å²) in [6.07, 6.45) is 4.98. The van der Waals surface area contributed by atoms with E-state index in [-0.39, 0.29) is 0 Å². The van der Waals surface area contributed by atoms with Gasteiger partial charge in [-0.1, -0.05) is 45.8 Å². The molecule has 57 heavy (non-hydrogen) atoms. The molecule has 6 aromatic rings. The Labute approximate surface area is 375 Å². The fraction of sp³-hybridized carbons (Fsp3) is 0.389. The summed E-state index contributed by atoms with van der Waals surface area (Å²) in [4.78, 5) is 0. The van der Waals surface area contributed by atoms with Gasteiger partial charge in [-0.2, -0.15) is 0 Å². The van der Waals surface area contributed by atoms with Crippen molar-refractivity contribution in [2.75, 3.05) is 0 Å². The predicted molar refractivity (Wildman–Crippen MR) is 244 cm³/mol. The maximum atomic E-state index is 8.37. The van der Waals surface area contributed by atoms with Crippen molar-refractivity contribution in [1.82, 2.24) is 0 Å². The lowest BCUT2D eigenvalue weighted by Crippen LogP contribution is -2.31. The Bertz CT molecular complexity index is 3100. The van der Waals surface area contributed by atoms with Gasteiger partial charge in [-0.15, -0.1) is 0 Å². The lowest BCUT2D eigenvalue weighted by Gasteiger charge is -2.14. The zero-order valence-electron chi connectivity index (χ0n) is 55.8. The van der Waals surface area contributed by atoms with E-state index in [4.69, 9.17) is 27.4 Å². The topological polar surface area (TPSA) is 11.6 Å². The summed E-state index contributed by atoms with van der Waals surface area (Å²) in [5, 5.41) is 0. The second-order valence-corrected chi connectivity index (χ2v) is 15.3. The maximum absolute atomic E-state index is 8.37. The lowest BCUT2D eigenvalue weighted by molar-refractivity contribution is -0.660. The summed E-state index contributed by atoms with van der Waals surface area (Å²) in [5.41, 5.74) is 13.1. The van der Waals surface area contributed by atoms with Crippen LogP contribution in [0.5, 0.6) is 0 Å². The summed E-state index contributed by atoms with van der Waals surface area (Å²) >= 11 is 0. The van der Waals surface area contributed by atoms with Gasteiger partial charge in [0.1, 0.15) is 21.1 Å². The van der Waals surface area contributed by atoms with Gasteiger partial charge in [0.05, 0.1) is 0 Å². The number of rotatable bonds is 5. The summed E-state index contributed by atoms with van der Waals surface area (Å²) in [6.45, 7) is 3.73. The van der Waals surface area contributed by atoms with Crippen LogP contribution in [0.4, 0.5) is 0 Å². The number of hydrogen-bond acceptors (Lipinski definition) is 0. The van der Waals surface area contributed by atoms with Crippen molar-refractivity contribution in [2.45, 2.75) is 122 Å². The molecule has 300 valence electrons. The molecule has 0 spiro atoms. The molecular weight excluding hydrogens is 691 g/mol. The second kappa shape index (κ2) is 18.6. The quantitative estimate of drug-likeness (QED) is 0.154. The summed E-state index contributed by atoms with van der Waals surface area (Å²) in [6, 6.07) is 17.7. The van der Waals surface area contributed by atoms with E-state index in [2.05, 4.69) is 0 Å². The number of benzene rings is 3. The van der Waals surface area contributed by atoms with E-state index in [9.17, 15) is 0 Å². The van der Waals surface area contributed by atoms with Crippen LogP contribution in [0, 0.1) is 82.8 Å². The van der Waals surface area contributed by atoms with Gasteiger partial charge in [0.2, 0.25) is 17.1 Å². The molecule has 3 heteroatoms. The first-order chi connectivity index (χ1) is 34.5. The van der Waals surface area contributed by atoms with E-state index >= 15 is 0 Å². The standard InChI is InChI=1S/C19H26N.C18H24N.C17H22N/c1-12(2)17-8-15(5)18(9-14(17)4)19-10-13(3)16(6)11-20(19)7;1-12(2)16-7-8-19(6)18(11-16)17-10-14(4)13(3)9-15(17)5;1-11-7-14(4)16(8-12(11)2)17-9-13(3)15(5)10-18(17)6/h8-12H,1-7H3;7-12H,1-6H3;7-10H,1-6H3/q3*+1/i1D3,6D3,12D;1D3,3D3,12D;1D3,5D3. The number of aromatic nitrogens is 3. The minimum absolute atomic E-state index is 0.306. The number of nitrogens with zero attached hydrogens (tertiary/aromatic N) is 3. The minimum Gasteiger partial charge on any atom is -0.201 e. The van der Waals surface area contributed by atoms with E-state index in [0.29, 0.717) is 55.6 Å². The molecule has 0 aliphatic heterocycles. The van der Waals surface area contributed by atoms with Gasteiger partial charge < -0.3 is 0 Å². The average Bonchev–Trinajstić information content (AvgIpc) is 3.25. The van der Waals surface area contributed by atoms with Gasteiger partial charge in [-0.25, -0.2) is 13.7 Å². The number of hydrogen-bond donors (Lipinski definition) is 0. The Hall–Kier alpha value is -4.89. The molecule has 3 heterocycles. The van der Waals surface area contributed by atoms with Crippen LogP contribution < -0.4 is 13.7 Å². The Kier molecular flexibility index (Phi) is 7.87. The highest BCUT2D eigenvalue weighted by Crippen LogP contribution is 2.30. The fourth-order valence-electron chi connectivity index (χ4n) is 6.79. The van der Waals surface area contributed by atoms with Gasteiger partial charge in [0.15, 0.2) is 18.6 Å². The van der Waals surface area contributed by atoms with Crippen molar-refractivity contribution < 1.29 is 41.1 Å².